The normalized spacial score (nSPS) is 19.3. The van der Waals surface area contributed by atoms with Gasteiger partial charge in [-0.05, 0) is 77.9 Å². The summed E-state index contributed by atoms with van der Waals surface area (Å²) in [6, 6.07) is 7.98. The van der Waals surface area contributed by atoms with Gasteiger partial charge in [0.15, 0.2) is 0 Å². The summed E-state index contributed by atoms with van der Waals surface area (Å²) in [4.78, 5) is 17.7. The molecule has 7 rings (SSSR count). The molecule has 1 aliphatic heterocycles. The van der Waals surface area contributed by atoms with Crippen LogP contribution in [-0.4, -0.2) is 42.7 Å². The minimum atomic E-state index is -1.00. The Bertz CT molecular complexity index is 1800. The van der Waals surface area contributed by atoms with Crippen molar-refractivity contribution in [3.63, 3.8) is 0 Å². The van der Waals surface area contributed by atoms with Crippen LogP contribution in [0, 0.1) is 19.8 Å². The van der Waals surface area contributed by atoms with Gasteiger partial charge in [-0.15, -0.1) is 0 Å². The van der Waals surface area contributed by atoms with Crippen molar-refractivity contribution in [1.29, 1.82) is 0 Å². The number of rotatable bonds is 8. The molecule has 5 aromatic rings. The Labute approximate surface area is 237 Å². The highest BCUT2D eigenvalue weighted by molar-refractivity contribution is 5.94. The highest BCUT2D eigenvalue weighted by Crippen LogP contribution is 2.48. The average Bonchev–Trinajstić information content (AvgIpc) is 3.53. The van der Waals surface area contributed by atoms with E-state index in [2.05, 4.69) is 59.4 Å². The van der Waals surface area contributed by atoms with E-state index in [-0.39, 0.29) is 19.8 Å². The second-order valence-corrected chi connectivity index (χ2v) is 11.5. The van der Waals surface area contributed by atoms with Crippen molar-refractivity contribution in [2.24, 2.45) is 5.92 Å². The van der Waals surface area contributed by atoms with Gasteiger partial charge in [-0.25, -0.2) is 19.9 Å². The minimum Gasteiger partial charge on any atom is -0.471 e. The van der Waals surface area contributed by atoms with Crippen LogP contribution in [0.25, 0.3) is 16.4 Å². The maximum absolute atomic E-state index is 11.1. The largest absolute Gasteiger partial charge is 0.471 e. The number of aryl methyl sites for hydroxylation is 2. The van der Waals surface area contributed by atoms with Crippen molar-refractivity contribution in [2.45, 2.75) is 51.9 Å². The van der Waals surface area contributed by atoms with E-state index in [1.807, 2.05) is 16.7 Å². The van der Waals surface area contributed by atoms with Gasteiger partial charge in [0.2, 0.25) is 5.88 Å². The number of anilines is 2. The summed E-state index contributed by atoms with van der Waals surface area (Å²) in [6.45, 7) is 7.83. The molecule has 5 heterocycles. The third-order valence-electron chi connectivity index (χ3n) is 8.51. The van der Waals surface area contributed by atoms with Crippen LogP contribution in [-0.2, 0) is 23.5 Å². The molecule has 10 nitrogen and oxygen atoms in total. The van der Waals surface area contributed by atoms with E-state index in [4.69, 9.17) is 20.2 Å². The average molecular weight is 552 g/mol. The fourth-order valence-electron chi connectivity index (χ4n) is 5.87. The van der Waals surface area contributed by atoms with Crippen LogP contribution in [0.15, 0.2) is 49.2 Å². The standard InChI is InChI=1S/C31H33N7O3/c1-17-6-23(17)20-8-26(31(39)14-40-15-31)30-37-21(12-38(30)11-20)13-41-28-9-27(35-16-36-28)34-10-25-18(2)7-24-22(19(25)3)4-5-33-29(24)32/h4-5,7-9,11-12,16-17,23,39H,6,10,13-15H2,1-3H3,(H2,32,33)(H,34,35,36)/t17-,23?/m0/s1. The highest BCUT2D eigenvalue weighted by Gasteiger charge is 2.42. The Kier molecular flexibility index (Phi) is 6.06. The molecule has 0 radical (unpaired) electrons. The molecule has 4 aromatic heterocycles. The Hall–Kier alpha value is -4.28. The predicted molar refractivity (Wildman–Crippen MR) is 156 cm³/mol. The van der Waals surface area contributed by atoms with Crippen LogP contribution in [0.4, 0.5) is 11.6 Å². The maximum Gasteiger partial charge on any atom is 0.218 e. The maximum atomic E-state index is 11.1. The summed E-state index contributed by atoms with van der Waals surface area (Å²) in [5.41, 5.74) is 12.1. The molecular weight excluding hydrogens is 518 g/mol. The zero-order valence-corrected chi connectivity index (χ0v) is 23.4. The number of hydrogen-bond acceptors (Lipinski definition) is 9. The van der Waals surface area contributed by atoms with Crippen LogP contribution >= 0.6 is 0 Å². The lowest BCUT2D eigenvalue weighted by molar-refractivity contribution is -0.184. The summed E-state index contributed by atoms with van der Waals surface area (Å²) in [5.74, 6) is 2.83. The lowest BCUT2D eigenvalue weighted by Crippen LogP contribution is -2.46. The van der Waals surface area contributed by atoms with Crippen molar-refractivity contribution in [2.75, 3.05) is 24.3 Å². The quantitative estimate of drug-likeness (QED) is 0.257. The van der Waals surface area contributed by atoms with Crippen molar-refractivity contribution < 1.29 is 14.6 Å². The van der Waals surface area contributed by atoms with E-state index < -0.39 is 5.60 Å². The third kappa shape index (κ3) is 4.62. The first-order chi connectivity index (χ1) is 19.8. The molecule has 210 valence electrons. The fraction of sp³-hybridized carbons (Fsp3) is 0.355. The molecule has 0 amide bonds. The molecule has 1 aliphatic carbocycles. The number of ether oxygens (including phenoxy) is 2. The number of aromatic nitrogens is 5. The van der Waals surface area contributed by atoms with Gasteiger partial charge in [0, 0.05) is 42.2 Å². The topological polar surface area (TPSA) is 133 Å². The van der Waals surface area contributed by atoms with Gasteiger partial charge < -0.3 is 30.0 Å². The van der Waals surface area contributed by atoms with Crippen molar-refractivity contribution in [1.82, 2.24) is 24.3 Å². The molecule has 2 atom stereocenters. The third-order valence-corrected chi connectivity index (χ3v) is 8.51. The molecule has 0 bridgehead atoms. The number of aliphatic hydroxyl groups is 1. The van der Waals surface area contributed by atoms with E-state index in [1.165, 1.54) is 23.9 Å². The van der Waals surface area contributed by atoms with E-state index in [0.29, 0.717) is 35.9 Å². The van der Waals surface area contributed by atoms with Gasteiger partial charge in [-0.2, -0.15) is 0 Å². The first kappa shape index (κ1) is 25.7. The van der Waals surface area contributed by atoms with Gasteiger partial charge in [0.05, 0.1) is 18.9 Å². The summed E-state index contributed by atoms with van der Waals surface area (Å²) in [6.07, 6.45) is 8.49. The lowest BCUT2D eigenvalue weighted by Gasteiger charge is -2.37. The summed E-state index contributed by atoms with van der Waals surface area (Å²) >= 11 is 0. The SMILES string of the molecule is Cc1cc2c(N)nccc2c(C)c1CNc1cc(OCc2cn3cc(C4C[C@@H]4C)cc(C4(O)COC4)c3n2)ncn1. The Balaban J connectivity index is 1.08. The Morgan fingerprint density at radius 3 is 2.73 bits per heavy atom. The number of imidazole rings is 1. The highest BCUT2D eigenvalue weighted by atomic mass is 16.5. The summed E-state index contributed by atoms with van der Waals surface area (Å²) in [7, 11) is 0. The van der Waals surface area contributed by atoms with Crippen molar-refractivity contribution in [3.8, 4) is 5.88 Å². The molecule has 1 saturated heterocycles. The molecule has 4 N–H and O–H groups in total. The smallest absolute Gasteiger partial charge is 0.218 e. The number of fused-ring (bicyclic) bond motifs is 2. The number of nitrogens with two attached hydrogens (primary N) is 1. The number of nitrogen functional groups attached to an aromatic ring is 1. The monoisotopic (exact) mass is 551 g/mol. The first-order valence-corrected chi connectivity index (χ1v) is 13.9. The zero-order valence-electron chi connectivity index (χ0n) is 23.4. The van der Waals surface area contributed by atoms with Gasteiger partial charge in [-0.1, -0.05) is 6.92 Å². The van der Waals surface area contributed by atoms with Crippen LogP contribution in [0.5, 0.6) is 5.88 Å². The number of benzene rings is 1. The van der Waals surface area contributed by atoms with Crippen molar-refractivity contribution in [3.05, 3.63) is 82.7 Å². The molecule has 2 fully saturated rings. The number of nitrogens with one attached hydrogen (secondary N) is 1. The lowest BCUT2D eigenvalue weighted by atomic mass is 9.91. The first-order valence-electron chi connectivity index (χ1n) is 13.9. The van der Waals surface area contributed by atoms with E-state index in [0.717, 1.165) is 38.8 Å². The number of pyridine rings is 2. The van der Waals surface area contributed by atoms with E-state index in [1.54, 1.807) is 12.3 Å². The van der Waals surface area contributed by atoms with Crippen molar-refractivity contribution >= 4 is 28.1 Å². The van der Waals surface area contributed by atoms with E-state index in [9.17, 15) is 5.11 Å². The van der Waals surface area contributed by atoms with E-state index >= 15 is 0 Å². The predicted octanol–water partition coefficient (Wildman–Crippen LogP) is 4.40. The zero-order chi connectivity index (χ0) is 28.3. The molecule has 10 heteroatoms. The second-order valence-electron chi connectivity index (χ2n) is 11.5. The van der Waals surface area contributed by atoms with Gasteiger partial charge in [-0.3, -0.25) is 0 Å². The fourth-order valence-corrected chi connectivity index (χ4v) is 5.87. The summed E-state index contributed by atoms with van der Waals surface area (Å²) < 4.78 is 13.4. The Morgan fingerprint density at radius 1 is 1.15 bits per heavy atom. The van der Waals surface area contributed by atoms with Crippen LogP contribution < -0.4 is 15.8 Å². The number of hydrogen-bond donors (Lipinski definition) is 3. The molecule has 1 saturated carbocycles. The van der Waals surface area contributed by atoms with Crippen LogP contribution in [0.2, 0.25) is 0 Å². The molecular formula is C31H33N7O3. The second kappa shape index (κ2) is 9.67. The van der Waals surface area contributed by atoms with Gasteiger partial charge in [0.1, 0.15) is 35.8 Å². The van der Waals surface area contributed by atoms with Crippen LogP contribution in [0.3, 0.4) is 0 Å². The molecule has 1 unspecified atom stereocenters. The molecule has 0 spiro atoms. The van der Waals surface area contributed by atoms with Crippen LogP contribution in [0.1, 0.15) is 52.8 Å². The van der Waals surface area contributed by atoms with Gasteiger partial charge in [0.25, 0.3) is 0 Å². The number of nitrogens with zero attached hydrogens (tertiary/aromatic N) is 5. The molecule has 2 aliphatic rings. The Morgan fingerprint density at radius 2 is 1.98 bits per heavy atom. The minimum absolute atomic E-state index is 0.236. The summed E-state index contributed by atoms with van der Waals surface area (Å²) in [5, 5.41) is 16.6. The molecule has 41 heavy (non-hydrogen) atoms. The molecule has 1 aromatic carbocycles. The van der Waals surface area contributed by atoms with Gasteiger partial charge >= 0.3 is 0 Å².